The molecule has 7 heavy (non-hydrogen) atoms. The normalized spacial score (nSPS) is 18.0. The minimum absolute atomic E-state index is 0.830. The average Bonchev–Trinajstić information content (AvgIpc) is 1.69. The summed E-state index contributed by atoms with van der Waals surface area (Å²) in [6.45, 7) is 0. The minimum atomic E-state index is -1.84. The van der Waals surface area contributed by atoms with Crippen LogP contribution in [0.25, 0.3) is 0 Å². The summed E-state index contributed by atoms with van der Waals surface area (Å²) in [5, 5.41) is 0.830. The van der Waals surface area contributed by atoms with E-state index in [0.29, 0.717) is 0 Å². The number of hydrogen-bond acceptors (Lipinski definition) is 1. The summed E-state index contributed by atoms with van der Waals surface area (Å²) in [4.78, 5) is 1.83. The Morgan fingerprint density at radius 1 is 1.43 bits per heavy atom. The van der Waals surface area contributed by atoms with Crippen molar-refractivity contribution in [2.75, 3.05) is 0 Å². The molecule has 0 unspecified atom stereocenters. The monoisotopic (exact) mass is 156 g/mol. The predicted octanol–water partition coefficient (Wildman–Crippen LogP) is 1.07. The second kappa shape index (κ2) is 2.21. The summed E-state index contributed by atoms with van der Waals surface area (Å²) in [6, 6.07) is 0. The van der Waals surface area contributed by atoms with Gasteiger partial charge in [-0.15, -0.1) is 0 Å². The van der Waals surface area contributed by atoms with Crippen LogP contribution in [0.3, 0.4) is 0 Å². The molecule has 0 spiro atoms. The molecule has 0 atom stereocenters. The van der Waals surface area contributed by atoms with Crippen molar-refractivity contribution in [2.24, 2.45) is 0 Å². The molecule has 0 aliphatic carbocycles. The van der Waals surface area contributed by atoms with Gasteiger partial charge in [0, 0.05) is 0 Å². The molecule has 1 rings (SSSR count). The molecule has 1 heterocycles. The van der Waals surface area contributed by atoms with Crippen molar-refractivity contribution < 1.29 is 3.78 Å². The quantitative estimate of drug-likeness (QED) is 0.478. The Labute approximate surface area is 47.0 Å². The first-order valence-corrected chi connectivity index (χ1v) is 5.81. The fraction of sp³-hybridized carbons (Fsp3) is 0.200. The Morgan fingerprint density at radius 3 is 2.57 bits per heavy atom. The van der Waals surface area contributed by atoms with E-state index in [1.165, 1.54) is 0 Å². The van der Waals surface area contributed by atoms with E-state index in [1.807, 2.05) is 23.1 Å². The van der Waals surface area contributed by atoms with E-state index >= 15 is 0 Å². The van der Waals surface area contributed by atoms with Gasteiger partial charge in [-0.05, 0) is 0 Å². The Morgan fingerprint density at radius 2 is 2.29 bits per heavy atom. The zero-order valence-corrected chi connectivity index (χ0v) is 6.02. The molecule has 0 aromatic carbocycles. The Balaban J connectivity index is 2.66. The van der Waals surface area contributed by atoms with Crippen LogP contribution in [-0.2, 0) is 3.78 Å². The molecule has 1 nitrogen and oxygen atoms in total. The molecule has 0 amide bonds. The molecule has 0 bridgehead atoms. The molecule has 0 radical (unpaired) electrons. The zero-order chi connectivity index (χ0) is 5.11. The molecule has 0 aromatic heterocycles. The number of allylic oxidation sites excluding steroid dienone is 3. The molecule has 0 saturated heterocycles. The molecule has 0 saturated carbocycles. The third-order valence-corrected chi connectivity index (χ3v) is 3.37. The van der Waals surface area contributed by atoms with Crippen molar-refractivity contribution >= 4 is 14.3 Å². The molecule has 0 fully saturated rings. The molecule has 1 aliphatic heterocycles. The van der Waals surface area contributed by atoms with Crippen LogP contribution in [0, 0.1) is 0 Å². The molecule has 1 aliphatic rings. The van der Waals surface area contributed by atoms with Gasteiger partial charge in [-0.25, -0.2) is 0 Å². The van der Waals surface area contributed by atoms with Gasteiger partial charge in [0.25, 0.3) is 0 Å². The van der Waals surface area contributed by atoms with E-state index in [9.17, 15) is 3.78 Å². The first-order chi connectivity index (χ1) is 3.39. The first-order valence-electron chi connectivity index (χ1n) is 2.25. The Kier molecular flexibility index (Phi) is 1.57. The van der Waals surface area contributed by atoms with E-state index < -0.39 is 14.3 Å². The van der Waals surface area contributed by atoms with Gasteiger partial charge in [0.15, 0.2) is 0 Å². The third-order valence-electron chi connectivity index (χ3n) is 0.848. The summed E-state index contributed by atoms with van der Waals surface area (Å²) < 4.78 is 10.6. The Hall–Kier alpha value is -0.177. The molecular weight excluding hydrogens is 149 g/mol. The standard InChI is InChI=1S/C5H6GeO/c7-6-4-2-1-3-5-6/h1-4H,5H2. The van der Waals surface area contributed by atoms with Crippen LogP contribution in [0.1, 0.15) is 0 Å². The van der Waals surface area contributed by atoms with Crippen LogP contribution in [0.4, 0.5) is 0 Å². The third kappa shape index (κ3) is 1.39. The SMILES string of the molecule is [O]=[Ge]1[CH]=CC=C[CH2]1. The van der Waals surface area contributed by atoms with Crippen LogP contribution in [0.15, 0.2) is 23.1 Å². The Bertz CT molecular complexity index is 135. The van der Waals surface area contributed by atoms with Crippen molar-refractivity contribution in [1.82, 2.24) is 0 Å². The molecule has 0 N–H and O–H groups in total. The van der Waals surface area contributed by atoms with Crippen LogP contribution in [0.5, 0.6) is 0 Å². The second-order valence-electron chi connectivity index (χ2n) is 1.46. The fourth-order valence-electron chi connectivity index (χ4n) is 0.494. The number of rotatable bonds is 0. The summed E-state index contributed by atoms with van der Waals surface area (Å²) in [5.74, 6) is 0. The second-order valence-corrected chi connectivity index (χ2v) is 4.97. The van der Waals surface area contributed by atoms with Crippen molar-refractivity contribution in [3.63, 3.8) is 0 Å². The van der Waals surface area contributed by atoms with Gasteiger partial charge in [-0.1, -0.05) is 0 Å². The first kappa shape index (κ1) is 4.97. The van der Waals surface area contributed by atoms with Crippen molar-refractivity contribution in [2.45, 2.75) is 5.25 Å². The zero-order valence-electron chi connectivity index (χ0n) is 3.92. The summed E-state index contributed by atoms with van der Waals surface area (Å²) in [5.41, 5.74) is 0. The van der Waals surface area contributed by atoms with Gasteiger partial charge in [0.2, 0.25) is 0 Å². The predicted molar refractivity (Wildman–Crippen MR) is 29.5 cm³/mol. The van der Waals surface area contributed by atoms with Crippen LogP contribution in [0.2, 0.25) is 5.25 Å². The van der Waals surface area contributed by atoms with E-state index in [2.05, 4.69) is 0 Å². The summed E-state index contributed by atoms with van der Waals surface area (Å²) in [7, 11) is 0. The average molecular weight is 155 g/mol. The van der Waals surface area contributed by atoms with Gasteiger partial charge < -0.3 is 0 Å². The van der Waals surface area contributed by atoms with Gasteiger partial charge in [0.05, 0.1) is 0 Å². The van der Waals surface area contributed by atoms with E-state index in [0.717, 1.165) is 5.25 Å². The molecule has 36 valence electrons. The van der Waals surface area contributed by atoms with Crippen molar-refractivity contribution in [3.8, 4) is 0 Å². The number of hydrogen-bond donors (Lipinski definition) is 0. The van der Waals surface area contributed by atoms with E-state index in [-0.39, 0.29) is 0 Å². The molecular formula is C5H6GeO. The van der Waals surface area contributed by atoms with E-state index in [1.54, 1.807) is 0 Å². The van der Waals surface area contributed by atoms with Gasteiger partial charge >= 0.3 is 46.5 Å². The summed E-state index contributed by atoms with van der Waals surface area (Å²) >= 11 is -1.84. The van der Waals surface area contributed by atoms with Crippen LogP contribution < -0.4 is 0 Å². The van der Waals surface area contributed by atoms with Gasteiger partial charge in [-0.3, -0.25) is 0 Å². The maximum absolute atomic E-state index is 10.6. The molecule has 0 aromatic rings. The van der Waals surface area contributed by atoms with Gasteiger partial charge in [0.1, 0.15) is 0 Å². The molecule has 2 heteroatoms. The van der Waals surface area contributed by atoms with Crippen molar-refractivity contribution in [3.05, 3.63) is 23.1 Å². The van der Waals surface area contributed by atoms with Crippen LogP contribution >= 0.6 is 0 Å². The van der Waals surface area contributed by atoms with Crippen LogP contribution in [-0.4, -0.2) is 14.3 Å². The van der Waals surface area contributed by atoms with Crippen molar-refractivity contribution in [1.29, 1.82) is 0 Å². The topological polar surface area (TPSA) is 17.1 Å². The van der Waals surface area contributed by atoms with E-state index in [4.69, 9.17) is 0 Å². The summed E-state index contributed by atoms with van der Waals surface area (Å²) in [6.07, 6.45) is 5.77. The van der Waals surface area contributed by atoms with Gasteiger partial charge in [-0.2, -0.15) is 0 Å². The maximum atomic E-state index is 10.6. The fourth-order valence-corrected chi connectivity index (χ4v) is 2.24.